The van der Waals surface area contributed by atoms with Gasteiger partial charge in [-0.1, -0.05) is 28.9 Å². The van der Waals surface area contributed by atoms with Gasteiger partial charge in [-0.3, -0.25) is 4.72 Å². The maximum atomic E-state index is 13.2. The summed E-state index contributed by atoms with van der Waals surface area (Å²) in [6, 6.07) is 10.5. The van der Waals surface area contributed by atoms with Crippen molar-refractivity contribution < 1.29 is 40.8 Å². The summed E-state index contributed by atoms with van der Waals surface area (Å²) in [5.41, 5.74) is -0.705. The van der Waals surface area contributed by atoms with Crippen molar-refractivity contribution >= 4 is 45.0 Å². The Hall–Kier alpha value is -4.30. The fourth-order valence-corrected chi connectivity index (χ4v) is 4.62. The highest BCUT2D eigenvalue weighted by atomic mass is 35.5. The third-order valence-electron chi connectivity index (χ3n) is 5.14. The number of halogens is 4. The number of sulfonamides is 1. The van der Waals surface area contributed by atoms with Gasteiger partial charge in [0, 0.05) is 17.8 Å². The monoisotopic (exact) mass is 568 g/mol. The normalized spacial score (nSPS) is 11.7. The summed E-state index contributed by atoms with van der Waals surface area (Å²) in [4.78, 5) is 16.5. The van der Waals surface area contributed by atoms with Crippen LogP contribution in [-0.4, -0.2) is 36.9 Å². The molecule has 2 heterocycles. The van der Waals surface area contributed by atoms with E-state index in [9.17, 15) is 31.5 Å². The maximum Gasteiger partial charge on any atom is 0.417 e. The number of hydrogen-bond donors (Lipinski definition) is 2. The number of nitrogens with one attached hydrogen (secondary N) is 1. The number of carboxylic acid groups (broad SMARTS) is 1. The predicted molar refractivity (Wildman–Crippen MR) is 130 cm³/mol. The van der Waals surface area contributed by atoms with Gasteiger partial charge < -0.3 is 14.4 Å². The van der Waals surface area contributed by atoms with Crippen molar-refractivity contribution in [3.63, 3.8) is 0 Å². The summed E-state index contributed by atoms with van der Waals surface area (Å²) in [7, 11) is -2.87. The molecule has 0 saturated carbocycles. The van der Waals surface area contributed by atoms with Gasteiger partial charge in [0.1, 0.15) is 22.7 Å². The fraction of sp³-hybridized carbons (Fsp3) is 0.0870. The highest BCUT2D eigenvalue weighted by molar-refractivity contribution is 7.92. The van der Waals surface area contributed by atoms with Gasteiger partial charge in [0.15, 0.2) is 5.82 Å². The number of alkyl halides is 3. The van der Waals surface area contributed by atoms with Crippen LogP contribution in [-0.2, 0) is 16.2 Å². The van der Waals surface area contributed by atoms with Gasteiger partial charge in [-0.2, -0.15) is 13.2 Å². The number of benzene rings is 2. The minimum absolute atomic E-state index is 0.0459. The zero-order valence-electron chi connectivity index (χ0n) is 19.1. The lowest BCUT2D eigenvalue weighted by Gasteiger charge is -2.22. The van der Waals surface area contributed by atoms with Gasteiger partial charge in [0.05, 0.1) is 23.4 Å². The first-order valence-corrected chi connectivity index (χ1v) is 12.2. The van der Waals surface area contributed by atoms with Gasteiger partial charge in [-0.15, -0.1) is 0 Å². The molecule has 10 nitrogen and oxygen atoms in total. The van der Waals surface area contributed by atoms with E-state index in [0.29, 0.717) is 4.90 Å². The van der Waals surface area contributed by atoms with Crippen molar-refractivity contribution in [1.29, 1.82) is 0 Å². The van der Waals surface area contributed by atoms with Crippen LogP contribution in [0.4, 0.5) is 35.3 Å². The molecule has 0 spiro atoms. The second-order valence-corrected chi connectivity index (χ2v) is 9.63. The highest BCUT2D eigenvalue weighted by Crippen LogP contribution is 2.42. The summed E-state index contributed by atoms with van der Waals surface area (Å²) >= 11 is 6.37. The average molecular weight is 569 g/mol. The molecule has 0 saturated heterocycles. The Morgan fingerprint density at radius 3 is 2.50 bits per heavy atom. The summed E-state index contributed by atoms with van der Waals surface area (Å²) in [5, 5.41) is 13.3. The van der Waals surface area contributed by atoms with E-state index in [1.165, 1.54) is 43.7 Å². The third-order valence-corrected chi connectivity index (χ3v) is 6.79. The minimum atomic E-state index is -4.58. The molecule has 0 atom stereocenters. The molecule has 2 aromatic carbocycles. The number of methoxy groups -OCH3 is 1. The Kier molecular flexibility index (Phi) is 7.20. The van der Waals surface area contributed by atoms with Crippen LogP contribution in [0.1, 0.15) is 5.56 Å². The molecule has 2 N–H and O–H groups in total. The molecule has 0 aliphatic heterocycles. The molecular weight excluding hydrogens is 553 g/mol. The van der Waals surface area contributed by atoms with E-state index in [0.717, 1.165) is 30.5 Å². The van der Waals surface area contributed by atoms with Gasteiger partial charge in [0.25, 0.3) is 10.0 Å². The van der Waals surface area contributed by atoms with Crippen molar-refractivity contribution in [2.24, 2.45) is 0 Å². The molecule has 4 aromatic rings. The van der Waals surface area contributed by atoms with E-state index in [1.54, 1.807) is 0 Å². The van der Waals surface area contributed by atoms with E-state index in [4.69, 9.17) is 16.3 Å². The quantitative estimate of drug-likeness (QED) is 0.276. The molecule has 2 aromatic heterocycles. The lowest BCUT2D eigenvalue weighted by atomic mass is 10.0. The van der Waals surface area contributed by atoms with E-state index in [2.05, 4.69) is 19.4 Å². The molecule has 198 valence electrons. The lowest BCUT2D eigenvalue weighted by Crippen LogP contribution is -2.25. The van der Waals surface area contributed by atoms with Crippen LogP contribution in [0, 0.1) is 0 Å². The smallest absolute Gasteiger partial charge is 0.417 e. The van der Waals surface area contributed by atoms with Crippen molar-refractivity contribution in [3.8, 4) is 16.9 Å². The van der Waals surface area contributed by atoms with Crippen LogP contribution < -0.4 is 14.4 Å². The van der Waals surface area contributed by atoms with Crippen molar-refractivity contribution in [2.75, 3.05) is 16.7 Å². The van der Waals surface area contributed by atoms with Crippen LogP contribution in [0.3, 0.4) is 0 Å². The van der Waals surface area contributed by atoms with Crippen molar-refractivity contribution in [1.82, 2.24) is 10.1 Å². The molecule has 0 fully saturated rings. The second-order valence-electron chi connectivity index (χ2n) is 7.54. The van der Waals surface area contributed by atoms with Gasteiger partial charge >= 0.3 is 12.3 Å². The van der Waals surface area contributed by atoms with Crippen molar-refractivity contribution in [3.05, 3.63) is 77.6 Å². The van der Waals surface area contributed by atoms with Crippen LogP contribution in [0.25, 0.3) is 11.1 Å². The topological polar surface area (TPSA) is 135 Å². The fourth-order valence-electron chi connectivity index (χ4n) is 3.42. The van der Waals surface area contributed by atoms with Crippen LogP contribution in [0.2, 0.25) is 5.02 Å². The van der Waals surface area contributed by atoms with Gasteiger partial charge in [-0.05, 0) is 42.0 Å². The molecule has 0 radical (unpaired) electrons. The first-order chi connectivity index (χ1) is 17.9. The van der Waals surface area contributed by atoms with Crippen LogP contribution in [0.15, 0.2) is 76.5 Å². The Morgan fingerprint density at radius 2 is 1.92 bits per heavy atom. The van der Waals surface area contributed by atoms with E-state index in [-0.39, 0.29) is 44.1 Å². The third kappa shape index (κ3) is 5.50. The molecule has 15 heteroatoms. The number of ether oxygens (including phenoxy) is 1. The lowest BCUT2D eigenvalue weighted by molar-refractivity contribution is -0.137. The molecule has 0 bridgehead atoms. The van der Waals surface area contributed by atoms with Crippen LogP contribution >= 0.6 is 11.6 Å². The summed E-state index contributed by atoms with van der Waals surface area (Å²) in [5.74, 6) is -0.323. The Morgan fingerprint density at radius 1 is 1.16 bits per heavy atom. The minimum Gasteiger partial charge on any atom is -0.495 e. The number of carbonyl (C=O) groups is 1. The zero-order chi connectivity index (χ0) is 27.7. The molecule has 38 heavy (non-hydrogen) atoms. The largest absolute Gasteiger partial charge is 0.495 e. The van der Waals surface area contributed by atoms with Crippen LogP contribution in [0.5, 0.6) is 5.75 Å². The Labute approximate surface area is 218 Å². The molecule has 4 rings (SSSR count). The Bertz CT molecular complexity index is 1580. The first kappa shape index (κ1) is 26.8. The second kappa shape index (κ2) is 10.2. The highest BCUT2D eigenvalue weighted by Gasteiger charge is 2.31. The summed E-state index contributed by atoms with van der Waals surface area (Å²) < 4.78 is 76.7. The van der Waals surface area contributed by atoms with E-state index < -0.39 is 27.9 Å². The molecule has 0 aliphatic rings. The molecule has 0 unspecified atom stereocenters. The van der Waals surface area contributed by atoms with Gasteiger partial charge in [-0.25, -0.2) is 23.1 Å². The number of nitrogens with zero attached hydrogens (tertiary/aromatic N) is 3. The van der Waals surface area contributed by atoms with E-state index >= 15 is 0 Å². The number of hydrogen-bond acceptors (Lipinski definition) is 7. The van der Waals surface area contributed by atoms with Gasteiger partial charge in [0.2, 0.25) is 0 Å². The Balaban J connectivity index is 1.72. The average Bonchev–Trinajstić information content (AvgIpc) is 3.36. The zero-order valence-corrected chi connectivity index (χ0v) is 20.7. The first-order valence-electron chi connectivity index (χ1n) is 10.4. The number of aromatic nitrogens is 2. The molecule has 1 amide bonds. The standard InChI is InChI=1S/C23H16ClF3N4O6S/c1-36-19-10-16(13-3-2-4-14(9-13)23(25,26)27)17(24)11-18(19)31(22(32)33)21-6-5-15(12-28-21)38(34,35)30-20-7-8-37-29-20/h2-12H,1H3,(H,29,30)(H,32,33). The number of rotatable bonds is 7. The number of amides is 1. The summed E-state index contributed by atoms with van der Waals surface area (Å²) in [6.07, 6.45) is -4.00. The molecule has 0 aliphatic carbocycles. The SMILES string of the molecule is COc1cc(-c2cccc(C(F)(F)F)c2)c(Cl)cc1N(C(=O)O)c1ccc(S(=O)(=O)Nc2ccon2)cn1. The molecular formula is C23H16ClF3N4O6S. The number of anilines is 3. The maximum absolute atomic E-state index is 13.2. The van der Waals surface area contributed by atoms with Crippen molar-refractivity contribution in [2.45, 2.75) is 11.1 Å². The predicted octanol–water partition coefficient (Wildman–Crippen LogP) is 6.03. The van der Waals surface area contributed by atoms with E-state index in [1.807, 2.05) is 0 Å². The number of pyridine rings is 1. The summed E-state index contributed by atoms with van der Waals surface area (Å²) in [6.45, 7) is 0.